The zero-order valence-corrected chi connectivity index (χ0v) is 27.4. The summed E-state index contributed by atoms with van der Waals surface area (Å²) in [5.41, 5.74) is 0.981. The lowest BCUT2D eigenvalue weighted by molar-refractivity contribution is -0.127. The summed E-state index contributed by atoms with van der Waals surface area (Å²) in [6.45, 7) is 8.02. The van der Waals surface area contributed by atoms with E-state index in [2.05, 4.69) is 33.6 Å². The first-order chi connectivity index (χ1) is 21.2. The fourth-order valence-corrected chi connectivity index (χ4v) is 7.75. The highest BCUT2D eigenvalue weighted by molar-refractivity contribution is 7.90. The first-order valence-electron chi connectivity index (χ1n) is 16.5. The van der Waals surface area contributed by atoms with Gasteiger partial charge in [-0.15, -0.1) is 0 Å². The van der Waals surface area contributed by atoms with Gasteiger partial charge in [-0.1, -0.05) is 26.3 Å². The number of benzene rings is 1. The van der Waals surface area contributed by atoms with E-state index in [4.69, 9.17) is 9.72 Å². The van der Waals surface area contributed by atoms with Crippen molar-refractivity contribution in [1.29, 1.82) is 0 Å². The van der Waals surface area contributed by atoms with Crippen LogP contribution in [0.15, 0.2) is 42.7 Å². The van der Waals surface area contributed by atoms with Gasteiger partial charge in [0.05, 0.1) is 17.9 Å². The van der Waals surface area contributed by atoms with Gasteiger partial charge in [0.25, 0.3) is 0 Å². The smallest absolute Gasteiger partial charge is 0.223 e. The summed E-state index contributed by atoms with van der Waals surface area (Å²) >= 11 is 0. The van der Waals surface area contributed by atoms with Crippen LogP contribution in [0.3, 0.4) is 0 Å². The van der Waals surface area contributed by atoms with E-state index in [1.165, 1.54) is 6.26 Å². The molecule has 1 aliphatic heterocycles. The van der Waals surface area contributed by atoms with Crippen molar-refractivity contribution >= 4 is 26.6 Å². The number of hydrogen-bond acceptors (Lipinski definition) is 7. The fourth-order valence-electron chi connectivity index (χ4n) is 7.11. The number of fused-ring (bicyclic) bond motifs is 1. The highest BCUT2D eigenvalue weighted by atomic mass is 32.2. The standard InChI is InChI=1S/C34H49N5O4S/c1-4-18-38-19-15-28(24-38)36-34(40)27-12-10-26(11-13-27)25(5-2)23-32-35-17-14-33(37-32)39-20-16-29-30(39)8-6-9-31(29)43-21-7-22-44(3,41)42/h6,8-9,14,16-17,20,25-28H,4-5,7,10-13,15,18-19,21-24H2,1-3H3,(H,36,40). The van der Waals surface area contributed by atoms with Gasteiger partial charge in [-0.3, -0.25) is 4.79 Å². The summed E-state index contributed by atoms with van der Waals surface area (Å²) in [4.78, 5) is 25.1. The maximum atomic E-state index is 13.0. The zero-order chi connectivity index (χ0) is 31.1. The molecular weight excluding hydrogens is 574 g/mol. The Labute approximate surface area is 262 Å². The third-order valence-corrected chi connectivity index (χ3v) is 10.5. The quantitative estimate of drug-likeness (QED) is 0.246. The van der Waals surface area contributed by atoms with Crippen LogP contribution < -0.4 is 10.1 Å². The lowest BCUT2D eigenvalue weighted by Crippen LogP contribution is -2.42. The van der Waals surface area contributed by atoms with Crippen molar-refractivity contribution in [3.8, 4) is 11.6 Å². The molecular formula is C34H49N5O4S. The number of nitrogens with zero attached hydrogens (tertiary/aromatic N) is 4. The summed E-state index contributed by atoms with van der Waals surface area (Å²) in [7, 11) is -3.00. The molecule has 0 radical (unpaired) electrons. The van der Waals surface area contributed by atoms with Crippen LogP contribution in [0, 0.1) is 17.8 Å². The largest absolute Gasteiger partial charge is 0.493 e. The number of carbonyl (C=O) groups excluding carboxylic acids is 1. The van der Waals surface area contributed by atoms with Crippen LogP contribution in [0.4, 0.5) is 0 Å². The lowest BCUT2D eigenvalue weighted by atomic mass is 9.73. The molecule has 1 amide bonds. The van der Waals surface area contributed by atoms with E-state index in [1.54, 1.807) is 0 Å². The van der Waals surface area contributed by atoms with Crippen molar-refractivity contribution in [2.24, 2.45) is 17.8 Å². The van der Waals surface area contributed by atoms with Gasteiger partial charge in [0.1, 0.15) is 27.2 Å². The molecule has 10 heteroatoms. The van der Waals surface area contributed by atoms with E-state index in [1.807, 2.05) is 42.7 Å². The van der Waals surface area contributed by atoms with Gasteiger partial charge >= 0.3 is 0 Å². The number of ether oxygens (including phenoxy) is 1. The van der Waals surface area contributed by atoms with E-state index in [9.17, 15) is 13.2 Å². The topological polar surface area (TPSA) is 106 Å². The van der Waals surface area contributed by atoms with Crippen molar-refractivity contribution in [2.45, 2.75) is 77.7 Å². The Balaban J connectivity index is 1.17. The Morgan fingerprint density at radius 3 is 2.68 bits per heavy atom. The Morgan fingerprint density at radius 2 is 1.93 bits per heavy atom. The van der Waals surface area contributed by atoms with Crippen LogP contribution in [0.1, 0.15) is 71.0 Å². The highest BCUT2D eigenvalue weighted by Gasteiger charge is 2.32. The molecule has 2 aromatic heterocycles. The first kappa shape index (κ1) is 32.4. The normalized spacial score (nSPS) is 21.8. The number of aromatic nitrogens is 3. The van der Waals surface area contributed by atoms with Crippen LogP contribution in [0.25, 0.3) is 16.7 Å². The molecule has 44 heavy (non-hydrogen) atoms. The molecule has 2 aliphatic rings. The van der Waals surface area contributed by atoms with Crippen molar-refractivity contribution in [1.82, 2.24) is 24.8 Å². The molecule has 3 aromatic rings. The zero-order valence-electron chi connectivity index (χ0n) is 26.6. The molecule has 2 atom stereocenters. The third kappa shape index (κ3) is 8.38. The number of sulfone groups is 1. The summed E-state index contributed by atoms with van der Waals surface area (Å²) in [5.74, 6) is 3.98. The molecule has 2 unspecified atom stereocenters. The van der Waals surface area contributed by atoms with Gasteiger partial charge in [0.15, 0.2) is 0 Å². The molecule has 9 nitrogen and oxygen atoms in total. The number of rotatable bonds is 14. The van der Waals surface area contributed by atoms with Crippen molar-refractivity contribution in [3.05, 3.63) is 48.5 Å². The Kier molecular flexibility index (Phi) is 11.0. The molecule has 0 spiro atoms. The average Bonchev–Trinajstić information content (AvgIpc) is 3.65. The second-order valence-corrected chi connectivity index (χ2v) is 15.1. The molecule has 5 rings (SSSR count). The van der Waals surface area contributed by atoms with E-state index in [-0.39, 0.29) is 17.6 Å². The second kappa shape index (κ2) is 14.9. The monoisotopic (exact) mass is 623 g/mol. The minimum Gasteiger partial charge on any atom is -0.493 e. The predicted molar refractivity (Wildman–Crippen MR) is 175 cm³/mol. The molecule has 1 N–H and O–H groups in total. The summed E-state index contributed by atoms with van der Waals surface area (Å²) in [6.07, 6.45) is 13.8. The van der Waals surface area contributed by atoms with Crippen LogP contribution in [-0.4, -0.2) is 78.1 Å². The lowest BCUT2D eigenvalue weighted by Gasteiger charge is -2.33. The summed E-state index contributed by atoms with van der Waals surface area (Å²) in [6, 6.07) is 10.2. The Bertz CT molecular complexity index is 1500. The molecule has 1 saturated heterocycles. The van der Waals surface area contributed by atoms with Gasteiger partial charge in [-0.05, 0) is 87.6 Å². The predicted octanol–water partition coefficient (Wildman–Crippen LogP) is 5.21. The van der Waals surface area contributed by atoms with Gasteiger partial charge < -0.3 is 19.5 Å². The van der Waals surface area contributed by atoms with E-state index in [0.717, 1.165) is 99.3 Å². The fraction of sp³-hybridized carbons (Fsp3) is 0.618. The average molecular weight is 624 g/mol. The van der Waals surface area contributed by atoms with Gasteiger partial charge in [-0.2, -0.15) is 0 Å². The molecule has 1 aromatic carbocycles. The summed E-state index contributed by atoms with van der Waals surface area (Å²) < 4.78 is 30.9. The highest BCUT2D eigenvalue weighted by Crippen LogP contribution is 2.36. The molecule has 240 valence electrons. The van der Waals surface area contributed by atoms with E-state index < -0.39 is 9.84 Å². The van der Waals surface area contributed by atoms with Gasteiger partial charge in [0.2, 0.25) is 5.91 Å². The van der Waals surface area contributed by atoms with Crippen LogP contribution >= 0.6 is 0 Å². The maximum absolute atomic E-state index is 13.0. The van der Waals surface area contributed by atoms with Crippen molar-refractivity contribution < 1.29 is 17.9 Å². The molecule has 3 heterocycles. The minimum atomic E-state index is -3.00. The first-order valence-corrected chi connectivity index (χ1v) is 18.6. The van der Waals surface area contributed by atoms with Crippen LogP contribution in [-0.2, 0) is 21.1 Å². The molecule has 1 saturated carbocycles. The number of carbonyl (C=O) groups is 1. The van der Waals surface area contributed by atoms with E-state index in [0.29, 0.717) is 30.9 Å². The Hall–Kier alpha value is -2.98. The van der Waals surface area contributed by atoms with Crippen molar-refractivity contribution in [3.63, 3.8) is 0 Å². The molecule has 2 fully saturated rings. The summed E-state index contributed by atoms with van der Waals surface area (Å²) in [5, 5.41) is 4.32. The third-order valence-electron chi connectivity index (χ3n) is 9.48. The maximum Gasteiger partial charge on any atom is 0.223 e. The van der Waals surface area contributed by atoms with Crippen molar-refractivity contribution in [2.75, 3.05) is 38.2 Å². The minimum absolute atomic E-state index is 0.113. The molecule has 0 bridgehead atoms. The van der Waals surface area contributed by atoms with Gasteiger partial charge in [-0.25, -0.2) is 18.4 Å². The number of likely N-dealkylation sites (tertiary alicyclic amines) is 1. The Morgan fingerprint density at radius 1 is 1.11 bits per heavy atom. The second-order valence-electron chi connectivity index (χ2n) is 12.8. The van der Waals surface area contributed by atoms with E-state index >= 15 is 0 Å². The number of nitrogens with one attached hydrogen (secondary N) is 1. The number of amides is 1. The van der Waals surface area contributed by atoms with Crippen LogP contribution in [0.5, 0.6) is 5.75 Å². The molecule has 1 aliphatic carbocycles. The van der Waals surface area contributed by atoms with Gasteiger partial charge in [0, 0.05) is 55.5 Å². The number of hydrogen-bond donors (Lipinski definition) is 1. The van der Waals surface area contributed by atoms with Crippen LogP contribution in [0.2, 0.25) is 0 Å². The SMILES string of the molecule is CCCN1CCC(NC(=O)C2CCC(C(CC)Cc3nccc(-n4ccc5c(OCCCS(C)(=O)=O)cccc54)n3)CC2)C1.